The van der Waals surface area contributed by atoms with Crippen LogP contribution < -0.4 is 5.32 Å². The molecule has 0 radical (unpaired) electrons. The van der Waals surface area contributed by atoms with E-state index in [2.05, 4.69) is 24.2 Å². The molecule has 0 amide bonds. The first kappa shape index (κ1) is 10.9. The van der Waals surface area contributed by atoms with Crippen molar-refractivity contribution in [2.45, 2.75) is 19.1 Å². The average Bonchev–Trinajstić information content (AvgIpc) is 2.49. The molecule has 1 aliphatic heterocycles. The highest BCUT2D eigenvalue weighted by Crippen LogP contribution is 2.18. The monoisotopic (exact) mass is 202 g/mol. The first-order chi connectivity index (χ1) is 6.22. The molecule has 3 nitrogen and oxygen atoms in total. The van der Waals surface area contributed by atoms with Crippen LogP contribution in [0.1, 0.15) is 13.8 Å². The van der Waals surface area contributed by atoms with E-state index in [4.69, 9.17) is 4.74 Å². The Bertz CT molecular complexity index is 184. The zero-order chi connectivity index (χ0) is 9.68. The van der Waals surface area contributed by atoms with Gasteiger partial charge in [-0.25, -0.2) is 0 Å². The highest BCUT2D eigenvalue weighted by Gasteiger charge is 2.14. The Morgan fingerprint density at radius 2 is 2.54 bits per heavy atom. The Morgan fingerprint density at radius 1 is 1.77 bits per heavy atom. The van der Waals surface area contributed by atoms with Crippen LogP contribution in [-0.4, -0.2) is 37.2 Å². The zero-order valence-corrected chi connectivity index (χ0v) is 9.36. The normalized spacial score (nSPS) is 24.2. The molecular formula is C9H18N2OS. The van der Waals surface area contributed by atoms with Crippen molar-refractivity contribution in [1.82, 2.24) is 5.32 Å². The Balaban J connectivity index is 2.12. The number of hydrogen-bond donors (Lipinski definition) is 1. The summed E-state index contributed by atoms with van der Waals surface area (Å²) in [4.78, 5) is 4.38. The van der Waals surface area contributed by atoms with Gasteiger partial charge in [-0.05, 0) is 5.92 Å². The molecule has 0 spiro atoms. The predicted octanol–water partition coefficient (Wildman–Crippen LogP) is 1.35. The molecule has 2 unspecified atom stereocenters. The molecule has 0 aromatic carbocycles. The number of nitrogens with zero attached hydrogens (tertiary/aromatic N) is 1. The van der Waals surface area contributed by atoms with E-state index in [0.717, 1.165) is 24.9 Å². The molecule has 1 rings (SSSR count). The molecule has 0 saturated carbocycles. The van der Waals surface area contributed by atoms with E-state index in [1.165, 1.54) is 0 Å². The van der Waals surface area contributed by atoms with E-state index in [-0.39, 0.29) is 0 Å². The standard InChI is InChI=1S/C9H18N2OS/c1-7(6-12-3)4-10-9-11-5-8(2)13-9/h7-8H,4-6H2,1-3H3,(H,10,11). The van der Waals surface area contributed by atoms with Gasteiger partial charge in [0.1, 0.15) is 0 Å². The molecule has 0 aromatic rings. The van der Waals surface area contributed by atoms with E-state index in [1.54, 1.807) is 7.11 Å². The number of amidine groups is 1. The number of methoxy groups -OCH3 is 1. The lowest BCUT2D eigenvalue weighted by Crippen LogP contribution is -2.27. The highest BCUT2D eigenvalue weighted by molar-refractivity contribution is 8.14. The van der Waals surface area contributed by atoms with Gasteiger partial charge in [0, 0.05) is 18.9 Å². The third-order valence-corrected chi connectivity index (χ3v) is 2.91. The van der Waals surface area contributed by atoms with Crippen LogP contribution >= 0.6 is 11.8 Å². The van der Waals surface area contributed by atoms with Gasteiger partial charge in [-0.1, -0.05) is 25.6 Å². The maximum absolute atomic E-state index is 5.05. The van der Waals surface area contributed by atoms with Crippen LogP contribution in [0.4, 0.5) is 0 Å². The SMILES string of the molecule is COCC(C)CNC1=NCC(C)S1. The molecule has 4 heteroatoms. The molecule has 1 heterocycles. The maximum atomic E-state index is 5.05. The van der Waals surface area contributed by atoms with Gasteiger partial charge >= 0.3 is 0 Å². The number of nitrogens with one attached hydrogen (secondary N) is 1. The summed E-state index contributed by atoms with van der Waals surface area (Å²) in [6.45, 7) is 7.07. The Hall–Kier alpha value is -0.220. The lowest BCUT2D eigenvalue weighted by atomic mass is 10.2. The Morgan fingerprint density at radius 3 is 3.08 bits per heavy atom. The molecule has 0 bridgehead atoms. The molecule has 0 aromatic heterocycles. The second-order valence-electron chi connectivity index (χ2n) is 3.52. The lowest BCUT2D eigenvalue weighted by Gasteiger charge is -2.11. The Kier molecular flexibility index (Phi) is 4.59. The van der Waals surface area contributed by atoms with Crippen molar-refractivity contribution < 1.29 is 4.74 Å². The molecule has 1 aliphatic rings. The average molecular weight is 202 g/mol. The van der Waals surface area contributed by atoms with E-state index in [0.29, 0.717) is 11.2 Å². The summed E-state index contributed by atoms with van der Waals surface area (Å²) in [5, 5.41) is 5.06. The first-order valence-corrected chi connectivity index (χ1v) is 5.54. The van der Waals surface area contributed by atoms with Crippen LogP contribution in [0.25, 0.3) is 0 Å². The van der Waals surface area contributed by atoms with Crippen LogP contribution in [-0.2, 0) is 4.74 Å². The smallest absolute Gasteiger partial charge is 0.156 e. The second kappa shape index (κ2) is 5.50. The summed E-state index contributed by atoms with van der Waals surface area (Å²) in [6, 6.07) is 0. The van der Waals surface area contributed by atoms with Crippen LogP contribution in [0, 0.1) is 5.92 Å². The third kappa shape index (κ3) is 4.00. The van der Waals surface area contributed by atoms with Gasteiger partial charge < -0.3 is 10.1 Å². The van der Waals surface area contributed by atoms with Gasteiger partial charge in [0.2, 0.25) is 0 Å². The molecule has 76 valence electrons. The number of thioether (sulfide) groups is 1. The largest absolute Gasteiger partial charge is 0.384 e. The summed E-state index contributed by atoms with van der Waals surface area (Å²) in [6.07, 6.45) is 0. The van der Waals surface area contributed by atoms with Crippen molar-refractivity contribution >= 4 is 16.9 Å². The van der Waals surface area contributed by atoms with Crippen LogP contribution in [0.3, 0.4) is 0 Å². The number of rotatable bonds is 4. The number of aliphatic imine (C=N–C) groups is 1. The van der Waals surface area contributed by atoms with Crippen LogP contribution in [0.2, 0.25) is 0 Å². The highest BCUT2D eigenvalue weighted by atomic mass is 32.2. The second-order valence-corrected chi connectivity index (χ2v) is 4.94. The number of ether oxygens (including phenoxy) is 1. The molecule has 2 atom stereocenters. The van der Waals surface area contributed by atoms with E-state index in [9.17, 15) is 0 Å². The van der Waals surface area contributed by atoms with Crippen molar-refractivity contribution in [1.29, 1.82) is 0 Å². The minimum atomic E-state index is 0.546. The molecule has 0 fully saturated rings. The molecule has 13 heavy (non-hydrogen) atoms. The predicted molar refractivity (Wildman–Crippen MR) is 58.4 cm³/mol. The fourth-order valence-electron chi connectivity index (χ4n) is 1.18. The van der Waals surface area contributed by atoms with E-state index in [1.807, 2.05) is 11.8 Å². The summed E-state index contributed by atoms with van der Waals surface area (Å²) < 4.78 is 5.05. The van der Waals surface area contributed by atoms with Crippen molar-refractivity contribution in [2.24, 2.45) is 10.9 Å². The zero-order valence-electron chi connectivity index (χ0n) is 8.54. The Labute approximate surface area is 84.3 Å². The van der Waals surface area contributed by atoms with Crippen molar-refractivity contribution in [3.63, 3.8) is 0 Å². The van der Waals surface area contributed by atoms with Gasteiger partial charge in [0.05, 0.1) is 13.2 Å². The summed E-state index contributed by atoms with van der Waals surface area (Å²) in [5.74, 6) is 0.546. The lowest BCUT2D eigenvalue weighted by molar-refractivity contribution is 0.161. The number of hydrogen-bond acceptors (Lipinski definition) is 4. The summed E-state index contributed by atoms with van der Waals surface area (Å²) >= 11 is 1.82. The van der Waals surface area contributed by atoms with E-state index >= 15 is 0 Å². The van der Waals surface area contributed by atoms with Gasteiger partial charge in [0.25, 0.3) is 0 Å². The van der Waals surface area contributed by atoms with E-state index < -0.39 is 0 Å². The van der Waals surface area contributed by atoms with Crippen molar-refractivity contribution in [3.8, 4) is 0 Å². The molecular weight excluding hydrogens is 184 g/mol. The fraction of sp³-hybridized carbons (Fsp3) is 0.889. The molecule has 1 N–H and O–H groups in total. The fourth-order valence-corrected chi connectivity index (χ4v) is 2.03. The third-order valence-electron chi connectivity index (χ3n) is 1.86. The van der Waals surface area contributed by atoms with Gasteiger partial charge in [-0.2, -0.15) is 0 Å². The van der Waals surface area contributed by atoms with Gasteiger partial charge in [0.15, 0.2) is 5.17 Å². The topological polar surface area (TPSA) is 33.6 Å². The first-order valence-electron chi connectivity index (χ1n) is 4.66. The minimum Gasteiger partial charge on any atom is -0.384 e. The molecule has 0 saturated heterocycles. The summed E-state index contributed by atoms with van der Waals surface area (Å²) in [5.41, 5.74) is 0. The van der Waals surface area contributed by atoms with Gasteiger partial charge in [-0.15, -0.1) is 0 Å². The quantitative estimate of drug-likeness (QED) is 0.747. The minimum absolute atomic E-state index is 0.546. The van der Waals surface area contributed by atoms with Crippen molar-refractivity contribution in [2.75, 3.05) is 26.8 Å². The summed E-state index contributed by atoms with van der Waals surface area (Å²) in [7, 11) is 1.74. The molecule has 0 aliphatic carbocycles. The van der Waals surface area contributed by atoms with Gasteiger partial charge in [-0.3, -0.25) is 4.99 Å². The van der Waals surface area contributed by atoms with Crippen LogP contribution in [0.5, 0.6) is 0 Å². The van der Waals surface area contributed by atoms with Crippen molar-refractivity contribution in [3.05, 3.63) is 0 Å². The van der Waals surface area contributed by atoms with Crippen LogP contribution in [0.15, 0.2) is 4.99 Å². The maximum Gasteiger partial charge on any atom is 0.156 e.